The van der Waals surface area contributed by atoms with E-state index in [1.807, 2.05) is 20.8 Å². The third kappa shape index (κ3) is 3.93. The van der Waals surface area contributed by atoms with Crippen molar-refractivity contribution in [1.29, 1.82) is 0 Å². The third-order valence-electron chi connectivity index (χ3n) is 4.15. The molecule has 2 N–H and O–H groups in total. The van der Waals surface area contributed by atoms with E-state index in [1.54, 1.807) is 6.92 Å². The van der Waals surface area contributed by atoms with E-state index in [-0.39, 0.29) is 30.4 Å². The summed E-state index contributed by atoms with van der Waals surface area (Å²) < 4.78 is 5.42. The highest BCUT2D eigenvalue weighted by Crippen LogP contribution is 2.32. The van der Waals surface area contributed by atoms with Crippen LogP contribution in [0.4, 0.5) is 0 Å². The zero-order valence-electron chi connectivity index (χ0n) is 12.2. The van der Waals surface area contributed by atoms with E-state index in [4.69, 9.17) is 4.74 Å². The summed E-state index contributed by atoms with van der Waals surface area (Å²) in [7, 11) is 0. The molecule has 1 unspecified atom stereocenters. The molecule has 1 amide bonds. The van der Waals surface area contributed by atoms with Gasteiger partial charge in [0.2, 0.25) is 5.91 Å². The first-order chi connectivity index (χ1) is 8.79. The maximum atomic E-state index is 11.9. The molecule has 1 saturated carbocycles. The first kappa shape index (κ1) is 16.0. The van der Waals surface area contributed by atoms with Gasteiger partial charge >= 0.3 is 5.97 Å². The summed E-state index contributed by atoms with van der Waals surface area (Å²) in [6.07, 6.45) is 1.91. The first-order valence-corrected chi connectivity index (χ1v) is 6.94. The van der Waals surface area contributed by atoms with Crippen molar-refractivity contribution in [3.05, 3.63) is 0 Å². The molecular weight excluding hydrogens is 246 g/mol. The molecule has 1 atom stereocenters. The fourth-order valence-electron chi connectivity index (χ4n) is 2.19. The Hall–Kier alpha value is -1.10. The quantitative estimate of drug-likeness (QED) is 0.740. The number of rotatable bonds is 7. The lowest BCUT2D eigenvalue weighted by molar-refractivity contribution is -0.154. The highest BCUT2D eigenvalue weighted by atomic mass is 16.5. The van der Waals surface area contributed by atoms with Gasteiger partial charge in [0.1, 0.15) is 0 Å². The van der Waals surface area contributed by atoms with Gasteiger partial charge in [-0.25, -0.2) is 0 Å². The molecule has 1 rings (SSSR count). The number of carbonyl (C=O) groups is 2. The highest BCUT2D eigenvalue weighted by Gasteiger charge is 2.40. The van der Waals surface area contributed by atoms with E-state index >= 15 is 0 Å². The van der Waals surface area contributed by atoms with Crippen LogP contribution in [0.2, 0.25) is 0 Å². The molecule has 0 aromatic rings. The predicted octanol–water partition coefficient (Wildman–Crippen LogP) is 1.81. The van der Waals surface area contributed by atoms with E-state index in [9.17, 15) is 14.7 Å². The minimum Gasteiger partial charge on any atom is -0.481 e. The largest absolute Gasteiger partial charge is 0.481 e. The molecule has 5 heteroatoms. The standard InChI is InChI=1S/C14H25NO4/c1-5-19-11-6-10(7-11)15-12(16)8-14(4,9(2)3)13(17)18/h9-11H,5-8H2,1-4H3,(H,15,16)(H,17,18). The Morgan fingerprint density at radius 1 is 1.42 bits per heavy atom. The van der Waals surface area contributed by atoms with Crippen LogP contribution in [0.15, 0.2) is 0 Å². The number of carboxylic acids is 1. The second-order valence-electron chi connectivity index (χ2n) is 5.87. The Kier molecular flexibility index (Phi) is 5.35. The average molecular weight is 271 g/mol. The molecule has 0 saturated heterocycles. The number of carboxylic acid groups (broad SMARTS) is 1. The van der Waals surface area contributed by atoms with Crippen molar-refractivity contribution in [2.75, 3.05) is 6.61 Å². The minimum absolute atomic E-state index is 0.0236. The normalized spacial score (nSPS) is 25.5. The fourth-order valence-corrected chi connectivity index (χ4v) is 2.19. The van der Waals surface area contributed by atoms with Crippen LogP contribution in [0, 0.1) is 11.3 Å². The molecule has 0 bridgehead atoms. The smallest absolute Gasteiger partial charge is 0.310 e. The van der Waals surface area contributed by atoms with Crippen LogP contribution in [0.25, 0.3) is 0 Å². The third-order valence-corrected chi connectivity index (χ3v) is 4.15. The van der Waals surface area contributed by atoms with Crippen molar-refractivity contribution < 1.29 is 19.4 Å². The molecule has 0 radical (unpaired) electrons. The van der Waals surface area contributed by atoms with Crippen molar-refractivity contribution in [3.8, 4) is 0 Å². The van der Waals surface area contributed by atoms with Crippen LogP contribution in [-0.4, -0.2) is 35.7 Å². The van der Waals surface area contributed by atoms with E-state index < -0.39 is 11.4 Å². The number of amides is 1. The molecule has 0 aromatic carbocycles. The van der Waals surface area contributed by atoms with Crippen LogP contribution >= 0.6 is 0 Å². The second kappa shape index (κ2) is 6.37. The zero-order chi connectivity index (χ0) is 14.6. The summed E-state index contributed by atoms with van der Waals surface area (Å²) in [6.45, 7) is 7.93. The molecule has 1 fully saturated rings. The highest BCUT2D eigenvalue weighted by molar-refractivity contribution is 5.85. The molecule has 1 aliphatic rings. The van der Waals surface area contributed by atoms with Gasteiger partial charge in [-0.1, -0.05) is 13.8 Å². The lowest BCUT2D eigenvalue weighted by Crippen LogP contribution is -2.49. The van der Waals surface area contributed by atoms with E-state index in [0.717, 1.165) is 12.8 Å². The van der Waals surface area contributed by atoms with Crippen molar-refractivity contribution >= 4 is 11.9 Å². The lowest BCUT2D eigenvalue weighted by atomic mass is 9.76. The number of nitrogens with one attached hydrogen (secondary N) is 1. The number of hydrogen-bond acceptors (Lipinski definition) is 3. The van der Waals surface area contributed by atoms with Crippen LogP contribution in [0.1, 0.15) is 47.0 Å². The Labute approximate surface area is 114 Å². The summed E-state index contributed by atoms with van der Waals surface area (Å²) in [4.78, 5) is 23.2. The monoisotopic (exact) mass is 271 g/mol. The predicted molar refractivity (Wildman–Crippen MR) is 71.8 cm³/mol. The van der Waals surface area contributed by atoms with E-state index in [1.165, 1.54) is 0 Å². The Morgan fingerprint density at radius 2 is 2.00 bits per heavy atom. The van der Waals surface area contributed by atoms with E-state index in [2.05, 4.69) is 5.32 Å². The van der Waals surface area contributed by atoms with E-state index in [0.29, 0.717) is 6.61 Å². The van der Waals surface area contributed by atoms with Crippen LogP contribution in [-0.2, 0) is 14.3 Å². The topological polar surface area (TPSA) is 75.6 Å². The number of carbonyl (C=O) groups excluding carboxylic acids is 1. The Morgan fingerprint density at radius 3 is 2.42 bits per heavy atom. The van der Waals surface area contributed by atoms with Gasteiger partial charge in [0.05, 0.1) is 11.5 Å². The van der Waals surface area contributed by atoms with Crippen molar-refractivity contribution in [2.45, 2.75) is 59.1 Å². The maximum absolute atomic E-state index is 11.9. The molecule has 0 heterocycles. The molecule has 5 nitrogen and oxygen atoms in total. The Balaban J connectivity index is 2.41. The summed E-state index contributed by atoms with van der Waals surface area (Å²) in [5.74, 6) is -1.19. The summed E-state index contributed by atoms with van der Waals surface area (Å²) in [5.41, 5.74) is -1.01. The molecule has 0 spiro atoms. The van der Waals surface area contributed by atoms with Crippen LogP contribution in [0.3, 0.4) is 0 Å². The summed E-state index contributed by atoms with van der Waals surface area (Å²) in [5, 5.41) is 12.2. The minimum atomic E-state index is -1.01. The van der Waals surface area contributed by atoms with Gasteiger partial charge in [0.25, 0.3) is 0 Å². The molecular formula is C14H25NO4. The zero-order valence-corrected chi connectivity index (χ0v) is 12.2. The number of aliphatic carboxylic acids is 1. The molecule has 1 aliphatic carbocycles. The molecule has 0 aromatic heterocycles. The van der Waals surface area contributed by atoms with Gasteiger partial charge in [-0.2, -0.15) is 0 Å². The summed E-state index contributed by atoms with van der Waals surface area (Å²) in [6, 6.07) is 0.134. The van der Waals surface area contributed by atoms with Crippen molar-refractivity contribution in [3.63, 3.8) is 0 Å². The molecule has 110 valence electrons. The van der Waals surface area contributed by atoms with Gasteiger partial charge < -0.3 is 15.2 Å². The maximum Gasteiger partial charge on any atom is 0.310 e. The van der Waals surface area contributed by atoms with Crippen LogP contribution in [0.5, 0.6) is 0 Å². The number of ether oxygens (including phenoxy) is 1. The molecule has 0 aliphatic heterocycles. The van der Waals surface area contributed by atoms with Gasteiger partial charge in [0, 0.05) is 19.1 Å². The lowest BCUT2D eigenvalue weighted by Gasteiger charge is -2.36. The SMILES string of the molecule is CCOC1CC(NC(=O)CC(C)(C(=O)O)C(C)C)C1. The molecule has 19 heavy (non-hydrogen) atoms. The summed E-state index contributed by atoms with van der Waals surface area (Å²) >= 11 is 0. The van der Waals surface area contributed by atoms with Crippen molar-refractivity contribution in [2.24, 2.45) is 11.3 Å². The number of hydrogen-bond donors (Lipinski definition) is 2. The van der Waals surface area contributed by atoms with Crippen LogP contribution < -0.4 is 5.32 Å². The van der Waals surface area contributed by atoms with Gasteiger partial charge in [-0.15, -0.1) is 0 Å². The van der Waals surface area contributed by atoms with Gasteiger partial charge in [0.15, 0.2) is 0 Å². The first-order valence-electron chi connectivity index (χ1n) is 6.94. The van der Waals surface area contributed by atoms with Gasteiger partial charge in [-0.3, -0.25) is 9.59 Å². The average Bonchev–Trinajstić information content (AvgIpc) is 2.25. The van der Waals surface area contributed by atoms with Crippen molar-refractivity contribution in [1.82, 2.24) is 5.32 Å². The fraction of sp³-hybridized carbons (Fsp3) is 0.857. The second-order valence-corrected chi connectivity index (χ2v) is 5.87. The Bertz CT molecular complexity index is 336. The van der Waals surface area contributed by atoms with Gasteiger partial charge in [-0.05, 0) is 32.6 Å².